The lowest BCUT2D eigenvalue weighted by Gasteiger charge is -2.08. The first-order chi connectivity index (χ1) is 14.8. The number of hydrogen-bond donors (Lipinski definition) is 1. The van der Waals surface area contributed by atoms with Crippen LogP contribution in [-0.4, -0.2) is 25.5 Å². The van der Waals surface area contributed by atoms with E-state index in [9.17, 15) is 18.0 Å². The number of aromatic nitrogens is 4. The maximum atomic E-state index is 13.1. The monoisotopic (exact) mass is 483 g/mol. The number of thioether (sulfide) groups is 1. The van der Waals surface area contributed by atoms with Crippen LogP contribution >= 0.6 is 34.7 Å². The lowest BCUT2D eigenvalue weighted by molar-refractivity contribution is -0.137. The number of carbonyl (C=O) groups excluding carboxylic acids is 1. The topological polar surface area (TPSA) is 72.2 Å². The number of carbonyl (C=O) groups is 1. The molecule has 1 amide bonds. The van der Waals surface area contributed by atoms with Crippen molar-refractivity contribution < 1.29 is 18.0 Å². The van der Waals surface area contributed by atoms with Gasteiger partial charge in [-0.1, -0.05) is 41.6 Å². The molecular weight excluding hydrogens is 471 g/mol. The smallest absolute Gasteiger partial charge is 0.326 e. The molecule has 0 atom stereocenters. The Balaban J connectivity index is 1.42. The number of amides is 1. The molecule has 0 saturated heterocycles. The zero-order valence-electron chi connectivity index (χ0n) is 15.6. The Labute approximate surface area is 187 Å². The van der Waals surface area contributed by atoms with Crippen molar-refractivity contribution in [1.82, 2.24) is 19.6 Å². The highest BCUT2D eigenvalue weighted by Crippen LogP contribution is 2.33. The van der Waals surface area contributed by atoms with Crippen molar-refractivity contribution in [2.45, 2.75) is 23.5 Å². The maximum absolute atomic E-state index is 13.1. The third-order valence-corrected chi connectivity index (χ3v) is 6.23. The quantitative estimate of drug-likeness (QED) is 0.375. The molecule has 0 radical (unpaired) electrons. The number of thiazole rings is 1. The second-order valence-electron chi connectivity index (χ2n) is 6.36. The van der Waals surface area contributed by atoms with E-state index in [-0.39, 0.29) is 28.2 Å². The molecule has 1 aromatic carbocycles. The van der Waals surface area contributed by atoms with E-state index in [1.807, 2.05) is 18.2 Å². The van der Waals surface area contributed by atoms with E-state index >= 15 is 0 Å². The van der Waals surface area contributed by atoms with Gasteiger partial charge in [-0.05, 0) is 18.2 Å². The van der Waals surface area contributed by atoms with Crippen LogP contribution in [0.15, 0.2) is 53.1 Å². The van der Waals surface area contributed by atoms with Gasteiger partial charge in [-0.15, -0.1) is 21.5 Å². The fraction of sp³-hybridized carbons (Fsp3) is 0.158. The molecule has 0 unspecified atom stereocenters. The van der Waals surface area contributed by atoms with Crippen molar-refractivity contribution in [1.29, 1.82) is 0 Å². The van der Waals surface area contributed by atoms with E-state index in [0.29, 0.717) is 22.1 Å². The second kappa shape index (κ2) is 8.85. The highest BCUT2D eigenvalue weighted by molar-refractivity contribution is 7.98. The number of para-hydroxylation sites is 1. The first-order valence-electron chi connectivity index (χ1n) is 8.82. The lowest BCUT2D eigenvalue weighted by atomic mass is 10.3. The normalized spacial score (nSPS) is 11.7. The van der Waals surface area contributed by atoms with Crippen LogP contribution in [0.2, 0.25) is 5.02 Å². The molecule has 0 saturated carbocycles. The first kappa shape index (κ1) is 21.6. The summed E-state index contributed by atoms with van der Waals surface area (Å²) in [5.41, 5.74) is 0.656. The number of pyridine rings is 1. The summed E-state index contributed by atoms with van der Waals surface area (Å²) in [6, 6.07) is 9.92. The number of halogens is 4. The Kier molecular flexibility index (Phi) is 6.17. The van der Waals surface area contributed by atoms with Crippen molar-refractivity contribution in [2.24, 2.45) is 0 Å². The molecule has 4 rings (SSSR count). The summed E-state index contributed by atoms with van der Waals surface area (Å²) in [7, 11) is 0. The van der Waals surface area contributed by atoms with Gasteiger partial charge in [0, 0.05) is 23.0 Å². The molecule has 3 heterocycles. The Bertz CT molecular complexity index is 1230. The Morgan fingerprint density at radius 3 is 2.74 bits per heavy atom. The van der Waals surface area contributed by atoms with Crippen LogP contribution in [0, 0.1) is 0 Å². The van der Waals surface area contributed by atoms with Crippen LogP contribution in [0.5, 0.6) is 0 Å². The van der Waals surface area contributed by atoms with E-state index in [0.717, 1.165) is 12.3 Å². The molecule has 0 fully saturated rings. The van der Waals surface area contributed by atoms with Crippen LogP contribution in [-0.2, 0) is 23.1 Å². The number of rotatable bonds is 6. The van der Waals surface area contributed by atoms with Crippen LogP contribution in [0.1, 0.15) is 16.3 Å². The van der Waals surface area contributed by atoms with Gasteiger partial charge in [-0.2, -0.15) is 13.2 Å². The van der Waals surface area contributed by atoms with Crippen LogP contribution in [0.25, 0.3) is 5.65 Å². The molecule has 4 aromatic rings. The standard InChI is InChI=1S/C19H13ClF3N5OS2/c20-14-6-11(19(21,22)23)8-28-17(14)26-27-18(28)31-10-13-9-30-16(25-13)7-15(29)24-12-4-2-1-3-5-12/h1-6,8-9H,7,10H2,(H,24,29). The van der Waals surface area contributed by atoms with Crippen molar-refractivity contribution in [2.75, 3.05) is 5.32 Å². The van der Waals surface area contributed by atoms with Gasteiger partial charge in [0.1, 0.15) is 5.01 Å². The predicted molar refractivity (Wildman–Crippen MR) is 113 cm³/mol. The van der Waals surface area contributed by atoms with Gasteiger partial charge in [0.25, 0.3) is 0 Å². The molecule has 12 heteroatoms. The van der Waals surface area contributed by atoms with E-state index in [1.54, 1.807) is 17.5 Å². The van der Waals surface area contributed by atoms with Gasteiger partial charge in [0.05, 0.1) is 22.7 Å². The SMILES string of the molecule is O=C(Cc1nc(CSc2nnc3c(Cl)cc(C(F)(F)F)cn23)cs1)Nc1ccccc1. The molecule has 0 aliphatic heterocycles. The number of nitrogens with one attached hydrogen (secondary N) is 1. The molecule has 0 spiro atoms. The molecule has 31 heavy (non-hydrogen) atoms. The van der Waals surface area contributed by atoms with Crippen LogP contribution in [0.4, 0.5) is 18.9 Å². The molecule has 6 nitrogen and oxygen atoms in total. The summed E-state index contributed by atoms with van der Waals surface area (Å²) in [4.78, 5) is 16.6. The average Bonchev–Trinajstić information content (AvgIpc) is 3.33. The third-order valence-electron chi connectivity index (χ3n) is 4.07. The van der Waals surface area contributed by atoms with Gasteiger partial charge in [0.2, 0.25) is 5.91 Å². The fourth-order valence-corrected chi connectivity index (χ4v) is 4.63. The predicted octanol–water partition coefficient (Wildman–Crippen LogP) is 5.33. The van der Waals surface area contributed by atoms with Gasteiger partial charge >= 0.3 is 6.18 Å². The highest BCUT2D eigenvalue weighted by atomic mass is 35.5. The number of fused-ring (bicyclic) bond motifs is 1. The Hall–Kier alpha value is -2.63. The molecule has 0 aliphatic rings. The number of benzene rings is 1. The largest absolute Gasteiger partial charge is 0.417 e. The molecule has 0 aliphatic carbocycles. The molecular formula is C19H13ClF3N5OS2. The minimum atomic E-state index is -4.53. The summed E-state index contributed by atoms with van der Waals surface area (Å²) in [6.45, 7) is 0. The number of nitrogens with zero attached hydrogens (tertiary/aromatic N) is 4. The molecule has 3 aromatic heterocycles. The molecule has 0 bridgehead atoms. The minimum Gasteiger partial charge on any atom is -0.326 e. The number of hydrogen-bond acceptors (Lipinski definition) is 6. The number of alkyl halides is 3. The Morgan fingerprint density at radius 1 is 1.23 bits per heavy atom. The Morgan fingerprint density at radius 2 is 2.00 bits per heavy atom. The van der Waals surface area contributed by atoms with Gasteiger partial charge in [0.15, 0.2) is 10.8 Å². The summed E-state index contributed by atoms with van der Waals surface area (Å²) in [5, 5.41) is 13.2. The van der Waals surface area contributed by atoms with Crippen molar-refractivity contribution in [3.05, 3.63) is 69.3 Å². The number of anilines is 1. The van der Waals surface area contributed by atoms with E-state index in [4.69, 9.17) is 11.6 Å². The van der Waals surface area contributed by atoms with Gasteiger partial charge in [-0.3, -0.25) is 9.20 Å². The third kappa shape index (κ3) is 5.17. The first-order valence-corrected chi connectivity index (χ1v) is 11.1. The van der Waals surface area contributed by atoms with E-state index < -0.39 is 11.7 Å². The lowest BCUT2D eigenvalue weighted by Crippen LogP contribution is -2.14. The summed E-state index contributed by atoms with van der Waals surface area (Å²) < 4.78 is 40.4. The fourth-order valence-electron chi connectivity index (χ4n) is 2.69. The van der Waals surface area contributed by atoms with Crippen LogP contribution in [0.3, 0.4) is 0 Å². The second-order valence-corrected chi connectivity index (χ2v) is 8.66. The maximum Gasteiger partial charge on any atom is 0.417 e. The summed E-state index contributed by atoms with van der Waals surface area (Å²) in [5.74, 6) is 0.170. The zero-order chi connectivity index (χ0) is 22.0. The molecule has 160 valence electrons. The highest BCUT2D eigenvalue weighted by Gasteiger charge is 2.32. The summed E-state index contributed by atoms with van der Waals surface area (Å²) >= 11 is 8.45. The van der Waals surface area contributed by atoms with Crippen LogP contribution < -0.4 is 5.32 Å². The van der Waals surface area contributed by atoms with Crippen molar-refractivity contribution in [3.8, 4) is 0 Å². The molecule has 1 N–H and O–H groups in total. The van der Waals surface area contributed by atoms with Gasteiger partial charge in [-0.25, -0.2) is 4.98 Å². The van der Waals surface area contributed by atoms with E-state index in [1.165, 1.54) is 27.5 Å². The minimum absolute atomic E-state index is 0.128. The van der Waals surface area contributed by atoms with E-state index in [2.05, 4.69) is 20.5 Å². The van der Waals surface area contributed by atoms with Crippen molar-refractivity contribution in [3.63, 3.8) is 0 Å². The van der Waals surface area contributed by atoms with Crippen molar-refractivity contribution >= 4 is 51.9 Å². The summed E-state index contributed by atoms with van der Waals surface area (Å²) in [6.07, 6.45) is -3.49. The zero-order valence-corrected chi connectivity index (χ0v) is 17.9. The average molecular weight is 484 g/mol. The van der Waals surface area contributed by atoms with Gasteiger partial charge < -0.3 is 5.32 Å².